The number of fused-ring (bicyclic) bond motifs is 1. The second kappa shape index (κ2) is 5.67. The highest BCUT2D eigenvalue weighted by atomic mass is 19.4. The zero-order valence-electron chi connectivity index (χ0n) is 11.7. The fraction of sp³-hybridized carbons (Fsp3) is 0.357. The summed E-state index contributed by atoms with van der Waals surface area (Å²) in [6, 6.07) is 6.30. The van der Waals surface area contributed by atoms with Gasteiger partial charge in [-0.1, -0.05) is 30.8 Å². The monoisotopic (exact) mass is 296 g/mol. The van der Waals surface area contributed by atoms with Gasteiger partial charge in [-0.25, -0.2) is 4.68 Å². The van der Waals surface area contributed by atoms with E-state index in [9.17, 15) is 13.2 Å². The molecule has 2 aromatic rings. The van der Waals surface area contributed by atoms with Crippen molar-refractivity contribution >= 4 is 22.4 Å². The van der Waals surface area contributed by atoms with E-state index in [1.54, 1.807) is 38.1 Å². The SMILES string of the molecule is C=C(/C(=N\C(C)CC)C(F)(F)F)n1nnc2ccccc21. The van der Waals surface area contributed by atoms with E-state index in [0.717, 1.165) is 4.68 Å². The lowest BCUT2D eigenvalue weighted by atomic mass is 10.2. The summed E-state index contributed by atoms with van der Waals surface area (Å²) < 4.78 is 40.7. The maximum absolute atomic E-state index is 13.2. The highest BCUT2D eigenvalue weighted by Crippen LogP contribution is 2.26. The first kappa shape index (κ1) is 15.2. The van der Waals surface area contributed by atoms with Crippen LogP contribution in [0.15, 0.2) is 35.8 Å². The summed E-state index contributed by atoms with van der Waals surface area (Å²) in [6.07, 6.45) is -4.08. The Morgan fingerprint density at radius 3 is 2.67 bits per heavy atom. The predicted octanol–water partition coefficient (Wildman–Crippen LogP) is 3.70. The quantitative estimate of drug-likeness (QED) is 0.807. The molecule has 1 heterocycles. The molecule has 1 atom stereocenters. The number of aliphatic imine (C=N–C) groups is 1. The molecule has 2 rings (SSSR count). The van der Waals surface area contributed by atoms with Crippen LogP contribution >= 0.6 is 0 Å². The molecular weight excluding hydrogens is 281 g/mol. The van der Waals surface area contributed by atoms with Crippen molar-refractivity contribution in [2.45, 2.75) is 32.5 Å². The number of nitrogens with zero attached hydrogens (tertiary/aromatic N) is 4. The van der Waals surface area contributed by atoms with E-state index in [1.165, 1.54) is 0 Å². The summed E-state index contributed by atoms with van der Waals surface area (Å²) in [5, 5.41) is 7.58. The van der Waals surface area contributed by atoms with Crippen LogP contribution in [0.1, 0.15) is 20.3 Å². The van der Waals surface area contributed by atoms with Crippen LogP contribution in [0.3, 0.4) is 0 Å². The van der Waals surface area contributed by atoms with E-state index in [1.807, 2.05) is 0 Å². The molecule has 0 aliphatic heterocycles. The number of benzene rings is 1. The summed E-state index contributed by atoms with van der Waals surface area (Å²) in [4.78, 5) is 3.73. The molecule has 7 heteroatoms. The van der Waals surface area contributed by atoms with Gasteiger partial charge >= 0.3 is 6.18 Å². The van der Waals surface area contributed by atoms with Gasteiger partial charge in [-0.2, -0.15) is 13.2 Å². The van der Waals surface area contributed by atoms with E-state index in [2.05, 4.69) is 21.9 Å². The lowest BCUT2D eigenvalue weighted by Crippen LogP contribution is -2.28. The molecule has 0 saturated heterocycles. The van der Waals surface area contributed by atoms with Crippen molar-refractivity contribution in [2.24, 2.45) is 4.99 Å². The summed E-state index contributed by atoms with van der Waals surface area (Å²) in [5.74, 6) is 0. The van der Waals surface area contributed by atoms with E-state index in [-0.39, 0.29) is 5.70 Å². The van der Waals surface area contributed by atoms with Gasteiger partial charge in [-0.15, -0.1) is 5.10 Å². The summed E-state index contributed by atoms with van der Waals surface area (Å²) in [7, 11) is 0. The number of para-hydroxylation sites is 1. The number of halogens is 3. The highest BCUT2D eigenvalue weighted by molar-refractivity contribution is 6.21. The Bertz CT molecular complexity index is 685. The lowest BCUT2D eigenvalue weighted by molar-refractivity contribution is -0.0577. The topological polar surface area (TPSA) is 43.1 Å². The smallest absolute Gasteiger partial charge is 0.276 e. The van der Waals surface area contributed by atoms with Crippen LogP contribution in [-0.4, -0.2) is 32.9 Å². The predicted molar refractivity (Wildman–Crippen MR) is 76.1 cm³/mol. The van der Waals surface area contributed by atoms with Gasteiger partial charge in [0.05, 0.1) is 11.2 Å². The number of aromatic nitrogens is 3. The molecular formula is C14H15F3N4. The largest absolute Gasteiger partial charge is 0.435 e. The van der Waals surface area contributed by atoms with Crippen molar-refractivity contribution in [2.75, 3.05) is 0 Å². The summed E-state index contributed by atoms with van der Waals surface area (Å²) in [6.45, 7) is 6.91. The second-order valence-corrected chi connectivity index (χ2v) is 4.67. The second-order valence-electron chi connectivity index (χ2n) is 4.67. The molecule has 0 spiro atoms. The number of allylic oxidation sites excluding steroid dienone is 1. The lowest BCUT2D eigenvalue weighted by Gasteiger charge is -2.15. The van der Waals surface area contributed by atoms with Crippen LogP contribution in [0.4, 0.5) is 13.2 Å². The average molecular weight is 296 g/mol. The van der Waals surface area contributed by atoms with Crippen LogP contribution in [0.25, 0.3) is 16.7 Å². The molecule has 1 unspecified atom stereocenters. The minimum Gasteiger partial charge on any atom is -0.276 e. The number of rotatable bonds is 4. The first-order chi connectivity index (χ1) is 9.84. The summed E-state index contributed by atoms with van der Waals surface area (Å²) >= 11 is 0. The Labute approximate surface area is 120 Å². The van der Waals surface area contributed by atoms with Gasteiger partial charge in [0, 0.05) is 6.04 Å². The van der Waals surface area contributed by atoms with Crippen LogP contribution in [0.5, 0.6) is 0 Å². The fourth-order valence-electron chi connectivity index (χ4n) is 1.79. The molecule has 0 aliphatic carbocycles. The van der Waals surface area contributed by atoms with Crippen molar-refractivity contribution in [1.82, 2.24) is 15.0 Å². The molecule has 0 amide bonds. The molecule has 4 nitrogen and oxygen atoms in total. The third-order valence-electron chi connectivity index (χ3n) is 3.09. The van der Waals surface area contributed by atoms with E-state index < -0.39 is 17.9 Å². The third-order valence-corrected chi connectivity index (χ3v) is 3.09. The van der Waals surface area contributed by atoms with Gasteiger partial charge in [0.2, 0.25) is 0 Å². The van der Waals surface area contributed by atoms with Crippen molar-refractivity contribution in [3.8, 4) is 0 Å². The standard InChI is InChI=1S/C14H15F3N4/c1-4-9(2)18-13(14(15,16)17)10(3)21-12-8-6-5-7-11(12)19-20-21/h5-9H,3-4H2,1-2H3/b18-13+. The van der Waals surface area contributed by atoms with Gasteiger partial charge in [0.1, 0.15) is 5.52 Å². The van der Waals surface area contributed by atoms with E-state index in [0.29, 0.717) is 17.5 Å². The first-order valence-corrected chi connectivity index (χ1v) is 6.49. The molecule has 0 saturated carbocycles. The van der Waals surface area contributed by atoms with Crippen LogP contribution in [-0.2, 0) is 0 Å². The Kier molecular flexibility index (Phi) is 4.11. The van der Waals surface area contributed by atoms with Crippen molar-refractivity contribution in [3.05, 3.63) is 30.8 Å². The van der Waals surface area contributed by atoms with Crippen molar-refractivity contribution in [1.29, 1.82) is 0 Å². The fourth-order valence-corrected chi connectivity index (χ4v) is 1.79. The molecule has 0 radical (unpaired) electrons. The average Bonchev–Trinajstić information content (AvgIpc) is 2.86. The minimum absolute atomic E-state index is 0.323. The van der Waals surface area contributed by atoms with Gasteiger partial charge in [0.25, 0.3) is 0 Å². The third kappa shape index (κ3) is 3.12. The first-order valence-electron chi connectivity index (χ1n) is 6.49. The zero-order valence-corrected chi connectivity index (χ0v) is 11.7. The Hall–Kier alpha value is -2.18. The molecule has 0 bridgehead atoms. The maximum Gasteiger partial charge on any atom is 0.435 e. The highest BCUT2D eigenvalue weighted by Gasteiger charge is 2.39. The molecule has 21 heavy (non-hydrogen) atoms. The number of hydrogen-bond acceptors (Lipinski definition) is 3. The number of hydrogen-bond donors (Lipinski definition) is 0. The van der Waals surface area contributed by atoms with Gasteiger partial charge < -0.3 is 0 Å². The number of alkyl halides is 3. The van der Waals surface area contributed by atoms with Crippen LogP contribution < -0.4 is 0 Å². The Morgan fingerprint density at radius 2 is 2.05 bits per heavy atom. The molecule has 0 fully saturated rings. The summed E-state index contributed by atoms with van der Waals surface area (Å²) in [5.41, 5.74) is -0.378. The molecule has 1 aromatic carbocycles. The Balaban J connectivity index is 2.51. The normalized spacial score (nSPS) is 14.4. The van der Waals surface area contributed by atoms with Gasteiger partial charge in [0.15, 0.2) is 5.71 Å². The van der Waals surface area contributed by atoms with Gasteiger partial charge in [-0.3, -0.25) is 4.99 Å². The van der Waals surface area contributed by atoms with Crippen molar-refractivity contribution in [3.63, 3.8) is 0 Å². The molecule has 1 aromatic heterocycles. The maximum atomic E-state index is 13.2. The molecule has 0 N–H and O–H groups in total. The van der Waals surface area contributed by atoms with E-state index >= 15 is 0 Å². The van der Waals surface area contributed by atoms with Crippen LogP contribution in [0, 0.1) is 0 Å². The Morgan fingerprint density at radius 1 is 1.38 bits per heavy atom. The molecule has 112 valence electrons. The minimum atomic E-state index is -4.59. The molecule has 0 aliphatic rings. The van der Waals surface area contributed by atoms with Crippen LogP contribution in [0.2, 0.25) is 0 Å². The van der Waals surface area contributed by atoms with E-state index in [4.69, 9.17) is 0 Å². The zero-order chi connectivity index (χ0) is 15.6. The van der Waals surface area contributed by atoms with Gasteiger partial charge in [-0.05, 0) is 25.5 Å². The van der Waals surface area contributed by atoms with Crippen molar-refractivity contribution < 1.29 is 13.2 Å².